The molecule has 2 aromatic rings. The Morgan fingerprint density at radius 2 is 2.00 bits per heavy atom. The molecule has 6 heteroatoms. The summed E-state index contributed by atoms with van der Waals surface area (Å²) in [6.45, 7) is 5.91. The van der Waals surface area contributed by atoms with Gasteiger partial charge in [0.25, 0.3) is 0 Å². The standard InChI is InChI=1S/C14H18N4O2/c1-9-4-6-12(7-5-9)17-14(19)10(2)15-8-13-16-11(3)20-18-13/h4-7,10,15H,8H2,1-3H3,(H,17,19). The second-order valence-electron chi connectivity index (χ2n) is 4.69. The number of hydrogen-bond acceptors (Lipinski definition) is 5. The minimum atomic E-state index is -0.352. The molecule has 1 heterocycles. The van der Waals surface area contributed by atoms with Crippen LogP contribution in [0.25, 0.3) is 0 Å². The van der Waals surface area contributed by atoms with Crippen LogP contribution >= 0.6 is 0 Å². The van der Waals surface area contributed by atoms with Crippen molar-refractivity contribution in [3.05, 3.63) is 41.5 Å². The number of aromatic nitrogens is 2. The smallest absolute Gasteiger partial charge is 0.241 e. The summed E-state index contributed by atoms with van der Waals surface area (Å²) in [7, 11) is 0. The van der Waals surface area contributed by atoms with Gasteiger partial charge in [0.05, 0.1) is 12.6 Å². The zero-order chi connectivity index (χ0) is 14.5. The molecule has 6 nitrogen and oxygen atoms in total. The predicted octanol–water partition coefficient (Wildman–Crippen LogP) is 1.80. The highest BCUT2D eigenvalue weighted by molar-refractivity contribution is 5.94. The molecule has 1 aromatic carbocycles. The summed E-state index contributed by atoms with van der Waals surface area (Å²) in [4.78, 5) is 16.0. The molecule has 0 spiro atoms. The van der Waals surface area contributed by atoms with E-state index in [-0.39, 0.29) is 11.9 Å². The third-order valence-corrected chi connectivity index (χ3v) is 2.85. The van der Waals surface area contributed by atoms with E-state index < -0.39 is 0 Å². The summed E-state index contributed by atoms with van der Waals surface area (Å²) in [5, 5.41) is 9.65. The summed E-state index contributed by atoms with van der Waals surface area (Å²) in [6.07, 6.45) is 0. The van der Waals surface area contributed by atoms with Crippen LogP contribution in [-0.4, -0.2) is 22.1 Å². The van der Waals surface area contributed by atoms with Gasteiger partial charge in [-0.3, -0.25) is 10.1 Å². The van der Waals surface area contributed by atoms with Crippen LogP contribution in [-0.2, 0) is 11.3 Å². The SMILES string of the molecule is Cc1ccc(NC(=O)C(C)NCc2noc(C)n2)cc1. The molecule has 0 saturated carbocycles. The van der Waals surface area contributed by atoms with Crippen LogP contribution in [0.2, 0.25) is 0 Å². The van der Waals surface area contributed by atoms with E-state index in [0.29, 0.717) is 18.3 Å². The molecule has 1 unspecified atom stereocenters. The molecule has 0 aliphatic heterocycles. The maximum atomic E-state index is 12.0. The summed E-state index contributed by atoms with van der Waals surface area (Å²) in [5.74, 6) is 0.949. The number of rotatable bonds is 5. The lowest BCUT2D eigenvalue weighted by atomic mass is 10.2. The quantitative estimate of drug-likeness (QED) is 0.869. The number of amides is 1. The van der Waals surface area contributed by atoms with Crippen molar-refractivity contribution in [3.63, 3.8) is 0 Å². The molecule has 1 amide bonds. The fourth-order valence-corrected chi connectivity index (χ4v) is 1.64. The predicted molar refractivity (Wildman–Crippen MR) is 75.1 cm³/mol. The first kappa shape index (κ1) is 14.2. The van der Waals surface area contributed by atoms with Gasteiger partial charge in [-0.2, -0.15) is 4.98 Å². The van der Waals surface area contributed by atoms with Crippen molar-refractivity contribution in [2.24, 2.45) is 0 Å². The second-order valence-corrected chi connectivity index (χ2v) is 4.69. The largest absolute Gasteiger partial charge is 0.340 e. The summed E-state index contributed by atoms with van der Waals surface area (Å²) >= 11 is 0. The number of nitrogens with zero attached hydrogens (tertiary/aromatic N) is 2. The first-order valence-corrected chi connectivity index (χ1v) is 6.44. The highest BCUT2D eigenvalue weighted by Crippen LogP contribution is 2.09. The van der Waals surface area contributed by atoms with E-state index in [1.807, 2.05) is 31.2 Å². The molecule has 2 rings (SSSR count). The number of aryl methyl sites for hydroxylation is 2. The van der Waals surface area contributed by atoms with Gasteiger partial charge in [-0.25, -0.2) is 0 Å². The van der Waals surface area contributed by atoms with Crippen LogP contribution in [0.3, 0.4) is 0 Å². The van der Waals surface area contributed by atoms with E-state index in [4.69, 9.17) is 4.52 Å². The molecule has 2 N–H and O–H groups in total. The van der Waals surface area contributed by atoms with Crippen LogP contribution in [0.1, 0.15) is 24.2 Å². The van der Waals surface area contributed by atoms with Gasteiger partial charge in [0.15, 0.2) is 5.82 Å². The number of carbonyl (C=O) groups is 1. The van der Waals surface area contributed by atoms with Gasteiger partial charge in [0, 0.05) is 12.6 Å². The van der Waals surface area contributed by atoms with Crippen LogP contribution in [0.15, 0.2) is 28.8 Å². The first-order valence-electron chi connectivity index (χ1n) is 6.44. The Morgan fingerprint density at radius 3 is 2.60 bits per heavy atom. The molecule has 0 radical (unpaired) electrons. The molecule has 0 bridgehead atoms. The molecule has 1 atom stereocenters. The topological polar surface area (TPSA) is 80.0 Å². The lowest BCUT2D eigenvalue weighted by Gasteiger charge is -2.13. The van der Waals surface area contributed by atoms with Gasteiger partial charge in [0.1, 0.15) is 0 Å². The van der Waals surface area contributed by atoms with E-state index in [2.05, 4.69) is 20.8 Å². The van der Waals surface area contributed by atoms with E-state index >= 15 is 0 Å². The van der Waals surface area contributed by atoms with Gasteiger partial charge >= 0.3 is 0 Å². The number of benzene rings is 1. The molecule has 1 aromatic heterocycles. The Kier molecular flexibility index (Phi) is 4.47. The molecular formula is C14H18N4O2. The van der Waals surface area contributed by atoms with Crippen molar-refractivity contribution in [2.45, 2.75) is 33.4 Å². The normalized spacial score (nSPS) is 12.2. The molecule has 0 aliphatic rings. The second kappa shape index (κ2) is 6.29. The Bertz CT molecular complexity index is 577. The summed E-state index contributed by atoms with van der Waals surface area (Å²) in [5.41, 5.74) is 1.94. The van der Waals surface area contributed by atoms with Crippen molar-refractivity contribution >= 4 is 11.6 Å². The maximum Gasteiger partial charge on any atom is 0.241 e. The third-order valence-electron chi connectivity index (χ3n) is 2.85. The summed E-state index contributed by atoms with van der Waals surface area (Å²) in [6, 6.07) is 7.31. The Morgan fingerprint density at radius 1 is 1.30 bits per heavy atom. The number of hydrogen-bond donors (Lipinski definition) is 2. The van der Waals surface area contributed by atoms with Crippen molar-refractivity contribution in [2.75, 3.05) is 5.32 Å². The number of carbonyl (C=O) groups excluding carboxylic acids is 1. The van der Waals surface area contributed by atoms with Gasteiger partial charge in [-0.15, -0.1) is 0 Å². The highest BCUT2D eigenvalue weighted by atomic mass is 16.5. The van der Waals surface area contributed by atoms with E-state index in [0.717, 1.165) is 11.3 Å². The molecule has 0 fully saturated rings. The van der Waals surface area contributed by atoms with Gasteiger partial charge in [-0.1, -0.05) is 22.9 Å². The fourth-order valence-electron chi connectivity index (χ4n) is 1.64. The van der Waals surface area contributed by atoms with E-state index in [1.54, 1.807) is 13.8 Å². The van der Waals surface area contributed by atoms with Gasteiger partial charge < -0.3 is 9.84 Å². The third kappa shape index (κ3) is 3.89. The first-order chi connectivity index (χ1) is 9.54. The molecule has 0 saturated heterocycles. The van der Waals surface area contributed by atoms with Crippen LogP contribution < -0.4 is 10.6 Å². The zero-order valence-corrected chi connectivity index (χ0v) is 11.8. The molecule has 0 aliphatic carbocycles. The van der Waals surface area contributed by atoms with Crippen molar-refractivity contribution in [1.82, 2.24) is 15.5 Å². The average molecular weight is 274 g/mol. The van der Waals surface area contributed by atoms with Crippen molar-refractivity contribution in [1.29, 1.82) is 0 Å². The van der Waals surface area contributed by atoms with Crippen molar-refractivity contribution < 1.29 is 9.32 Å². The summed E-state index contributed by atoms with van der Waals surface area (Å²) < 4.78 is 4.86. The zero-order valence-electron chi connectivity index (χ0n) is 11.8. The minimum absolute atomic E-state index is 0.103. The average Bonchev–Trinajstić information content (AvgIpc) is 2.84. The van der Waals surface area contributed by atoms with Crippen LogP contribution in [0.5, 0.6) is 0 Å². The molecular weight excluding hydrogens is 256 g/mol. The minimum Gasteiger partial charge on any atom is -0.340 e. The van der Waals surface area contributed by atoms with Gasteiger partial charge in [-0.05, 0) is 26.0 Å². The van der Waals surface area contributed by atoms with Gasteiger partial charge in [0.2, 0.25) is 11.8 Å². The van der Waals surface area contributed by atoms with E-state index in [9.17, 15) is 4.79 Å². The van der Waals surface area contributed by atoms with Crippen molar-refractivity contribution in [3.8, 4) is 0 Å². The van der Waals surface area contributed by atoms with Crippen LogP contribution in [0, 0.1) is 13.8 Å². The number of anilines is 1. The lowest BCUT2D eigenvalue weighted by Crippen LogP contribution is -2.37. The monoisotopic (exact) mass is 274 g/mol. The molecule has 20 heavy (non-hydrogen) atoms. The number of nitrogens with one attached hydrogen (secondary N) is 2. The Labute approximate surface area is 117 Å². The fraction of sp³-hybridized carbons (Fsp3) is 0.357. The lowest BCUT2D eigenvalue weighted by molar-refractivity contribution is -0.117. The molecule has 106 valence electrons. The Hall–Kier alpha value is -2.21. The van der Waals surface area contributed by atoms with Crippen LogP contribution in [0.4, 0.5) is 5.69 Å². The highest BCUT2D eigenvalue weighted by Gasteiger charge is 2.13. The van der Waals surface area contributed by atoms with E-state index in [1.165, 1.54) is 0 Å². The Balaban J connectivity index is 1.84. The maximum absolute atomic E-state index is 12.0.